The van der Waals surface area contributed by atoms with Crippen LogP contribution in [0.2, 0.25) is 5.02 Å². The molecule has 4 heterocycles. The second-order valence-corrected chi connectivity index (χ2v) is 11.7. The van der Waals surface area contributed by atoms with Crippen molar-refractivity contribution in [3.8, 4) is 5.69 Å². The molecule has 1 N–H and O–H groups in total. The van der Waals surface area contributed by atoms with Crippen LogP contribution in [0.15, 0.2) is 71.5 Å². The van der Waals surface area contributed by atoms with Crippen molar-refractivity contribution in [1.82, 2.24) is 14.9 Å². The maximum absolute atomic E-state index is 14.5. The fraction of sp³-hybridized carbons (Fsp3) is 0.290. The number of benzene rings is 3. The number of nitrogens with one attached hydrogen (secondary N) is 1. The molecule has 7 rings (SSSR count). The first-order valence-corrected chi connectivity index (χ1v) is 13.7. The molecule has 196 valence electrons. The standard InChI is InChI=1S/C31H27ClN4O3/c1-16(2)14-22-25-26(29(39)35(28(25)38)24-15-18(32)13-12-17(24)3)31(34-22)20-9-5-7-11-23(20)36-27(37)19-8-4-6-10-21(19)33-30(31)36/h4-13,15-16,22,25-26,34H,14H2,1-3H3/t22-,25+,26-,31+/m1/s1. The van der Waals surface area contributed by atoms with Crippen LogP contribution in [0.25, 0.3) is 16.6 Å². The number of rotatable bonds is 3. The number of anilines is 1. The number of aryl methyl sites for hydroxylation is 1. The van der Waals surface area contributed by atoms with Gasteiger partial charge in [-0.15, -0.1) is 0 Å². The molecular weight excluding hydrogens is 512 g/mol. The summed E-state index contributed by atoms with van der Waals surface area (Å²) in [5, 5.41) is 4.71. The molecule has 0 bridgehead atoms. The van der Waals surface area contributed by atoms with E-state index in [1.54, 1.807) is 22.8 Å². The van der Waals surface area contributed by atoms with Gasteiger partial charge < -0.3 is 0 Å². The van der Waals surface area contributed by atoms with Crippen LogP contribution in [0.3, 0.4) is 0 Å². The zero-order valence-corrected chi connectivity index (χ0v) is 22.6. The molecule has 4 aromatic rings. The molecule has 3 aliphatic heterocycles. The summed E-state index contributed by atoms with van der Waals surface area (Å²) >= 11 is 6.33. The molecule has 3 aromatic carbocycles. The number of aromatic nitrogens is 2. The Kier molecular flexibility index (Phi) is 5.19. The molecule has 0 saturated carbocycles. The largest absolute Gasteiger partial charge is 0.297 e. The van der Waals surface area contributed by atoms with Crippen molar-refractivity contribution >= 4 is 40.0 Å². The van der Waals surface area contributed by atoms with Crippen LogP contribution >= 0.6 is 11.6 Å². The average Bonchev–Trinajstić information content (AvgIpc) is 3.48. The summed E-state index contributed by atoms with van der Waals surface area (Å²) in [6.45, 7) is 6.08. The lowest BCUT2D eigenvalue weighted by atomic mass is 9.75. The second kappa shape index (κ2) is 8.34. The zero-order chi connectivity index (χ0) is 27.2. The van der Waals surface area contributed by atoms with Crippen molar-refractivity contribution in [3.63, 3.8) is 0 Å². The van der Waals surface area contributed by atoms with Gasteiger partial charge in [0.15, 0.2) is 0 Å². The molecular formula is C31H27ClN4O3. The van der Waals surface area contributed by atoms with Gasteiger partial charge >= 0.3 is 0 Å². The molecule has 2 saturated heterocycles. The molecule has 1 aromatic heterocycles. The predicted octanol–water partition coefficient (Wildman–Crippen LogP) is 4.73. The summed E-state index contributed by atoms with van der Waals surface area (Å²) in [7, 11) is 0. The van der Waals surface area contributed by atoms with Gasteiger partial charge in [-0.2, -0.15) is 0 Å². The van der Waals surface area contributed by atoms with E-state index in [1.165, 1.54) is 4.90 Å². The third-order valence-electron chi connectivity index (χ3n) is 8.50. The van der Waals surface area contributed by atoms with Crippen molar-refractivity contribution in [1.29, 1.82) is 0 Å². The van der Waals surface area contributed by atoms with Gasteiger partial charge in [-0.05, 0) is 55.2 Å². The molecule has 2 amide bonds. The van der Waals surface area contributed by atoms with E-state index in [0.717, 1.165) is 11.1 Å². The van der Waals surface area contributed by atoms with E-state index >= 15 is 0 Å². The van der Waals surface area contributed by atoms with Crippen molar-refractivity contribution in [2.24, 2.45) is 17.8 Å². The van der Waals surface area contributed by atoms with E-state index < -0.39 is 17.4 Å². The fourth-order valence-electron chi connectivity index (χ4n) is 6.99. The van der Waals surface area contributed by atoms with Crippen molar-refractivity contribution in [2.75, 3.05) is 4.90 Å². The van der Waals surface area contributed by atoms with Crippen LogP contribution < -0.4 is 15.8 Å². The Balaban J connectivity index is 1.53. The highest BCUT2D eigenvalue weighted by molar-refractivity contribution is 6.31. The van der Waals surface area contributed by atoms with E-state index in [4.69, 9.17) is 16.6 Å². The van der Waals surface area contributed by atoms with E-state index in [1.807, 2.05) is 55.5 Å². The first kappa shape index (κ1) is 24.2. The van der Waals surface area contributed by atoms with Gasteiger partial charge in [-0.25, -0.2) is 9.88 Å². The maximum atomic E-state index is 14.5. The SMILES string of the molecule is Cc1ccc(Cl)cc1N1C(=O)[C@H]2[C@@H](CC(C)C)N[C@@]3(c4ccccc4-n4c3nc3ccccc3c4=O)[C@H]2C1=O. The Morgan fingerprint density at radius 3 is 2.51 bits per heavy atom. The quantitative estimate of drug-likeness (QED) is 0.381. The molecule has 3 aliphatic rings. The van der Waals surface area contributed by atoms with Gasteiger partial charge in [-0.3, -0.25) is 24.3 Å². The number of hydrogen-bond acceptors (Lipinski definition) is 5. The molecule has 0 radical (unpaired) electrons. The molecule has 8 heteroatoms. The Morgan fingerprint density at radius 2 is 1.72 bits per heavy atom. The van der Waals surface area contributed by atoms with Crippen LogP contribution in [0.5, 0.6) is 0 Å². The molecule has 2 fully saturated rings. The molecule has 39 heavy (non-hydrogen) atoms. The summed E-state index contributed by atoms with van der Waals surface area (Å²) in [4.78, 5) is 49.0. The zero-order valence-electron chi connectivity index (χ0n) is 21.8. The Labute approximate surface area is 230 Å². The van der Waals surface area contributed by atoms with Gasteiger partial charge in [-0.1, -0.05) is 61.8 Å². The summed E-state index contributed by atoms with van der Waals surface area (Å²) in [5.74, 6) is -1.23. The lowest BCUT2D eigenvalue weighted by molar-refractivity contribution is -0.123. The topological polar surface area (TPSA) is 84.3 Å². The third kappa shape index (κ3) is 3.14. The number of hydrogen-bond donors (Lipinski definition) is 1. The smallest absolute Gasteiger partial charge is 0.266 e. The Morgan fingerprint density at radius 1 is 0.974 bits per heavy atom. The highest BCUT2D eigenvalue weighted by Gasteiger charge is 2.69. The van der Waals surface area contributed by atoms with Crippen molar-refractivity contribution in [3.05, 3.63) is 99.1 Å². The number of fused-ring (bicyclic) bond motifs is 8. The lowest BCUT2D eigenvalue weighted by Gasteiger charge is -2.32. The minimum atomic E-state index is -1.14. The number of amides is 2. The fourth-order valence-corrected chi connectivity index (χ4v) is 7.16. The van der Waals surface area contributed by atoms with E-state index in [0.29, 0.717) is 39.5 Å². The monoisotopic (exact) mass is 538 g/mol. The number of carbonyl (C=O) groups is 2. The summed E-state index contributed by atoms with van der Waals surface area (Å²) in [6, 6.07) is 19.8. The normalized spacial score (nSPS) is 25.2. The number of para-hydroxylation sites is 2. The average molecular weight is 539 g/mol. The van der Waals surface area contributed by atoms with Crippen molar-refractivity contribution < 1.29 is 9.59 Å². The van der Waals surface area contributed by atoms with Gasteiger partial charge in [0.2, 0.25) is 11.8 Å². The molecule has 0 unspecified atom stereocenters. The maximum Gasteiger partial charge on any atom is 0.266 e. The number of halogens is 1. The first-order valence-electron chi connectivity index (χ1n) is 13.3. The lowest BCUT2D eigenvalue weighted by Crippen LogP contribution is -2.50. The predicted molar refractivity (Wildman–Crippen MR) is 150 cm³/mol. The minimum Gasteiger partial charge on any atom is -0.297 e. The molecule has 0 aliphatic carbocycles. The van der Waals surface area contributed by atoms with E-state index in [-0.39, 0.29) is 29.3 Å². The number of carbonyl (C=O) groups excluding carboxylic acids is 2. The van der Waals surface area contributed by atoms with Gasteiger partial charge in [0, 0.05) is 16.6 Å². The Bertz CT molecular complexity index is 1780. The van der Waals surface area contributed by atoms with Crippen LogP contribution in [0.4, 0.5) is 5.69 Å². The van der Waals surface area contributed by atoms with Crippen molar-refractivity contribution in [2.45, 2.75) is 38.8 Å². The minimum absolute atomic E-state index is 0.190. The first-order chi connectivity index (χ1) is 18.7. The van der Waals surface area contributed by atoms with Gasteiger partial charge in [0.05, 0.1) is 34.1 Å². The summed E-state index contributed by atoms with van der Waals surface area (Å²) in [5.41, 5.74) is 1.99. The summed E-state index contributed by atoms with van der Waals surface area (Å²) < 4.78 is 1.63. The molecule has 4 atom stereocenters. The van der Waals surface area contributed by atoms with Gasteiger partial charge in [0.1, 0.15) is 11.4 Å². The van der Waals surface area contributed by atoms with E-state index in [9.17, 15) is 14.4 Å². The van der Waals surface area contributed by atoms with Crippen LogP contribution in [-0.4, -0.2) is 27.4 Å². The summed E-state index contributed by atoms with van der Waals surface area (Å²) in [6.07, 6.45) is 0.685. The highest BCUT2D eigenvalue weighted by atomic mass is 35.5. The second-order valence-electron chi connectivity index (χ2n) is 11.2. The van der Waals surface area contributed by atoms with Crippen LogP contribution in [0, 0.1) is 24.7 Å². The Hall–Kier alpha value is -3.81. The molecule has 7 nitrogen and oxygen atoms in total. The van der Waals surface area contributed by atoms with Crippen LogP contribution in [0.1, 0.15) is 37.2 Å². The number of imide groups is 1. The van der Waals surface area contributed by atoms with Gasteiger partial charge in [0.25, 0.3) is 5.56 Å². The third-order valence-corrected chi connectivity index (χ3v) is 8.73. The molecule has 1 spiro atoms. The van der Waals surface area contributed by atoms with Crippen LogP contribution in [-0.2, 0) is 15.1 Å². The van der Waals surface area contributed by atoms with E-state index in [2.05, 4.69) is 19.2 Å². The number of nitrogens with zero attached hydrogens (tertiary/aromatic N) is 3. The highest BCUT2D eigenvalue weighted by Crippen LogP contribution is 2.56.